The summed E-state index contributed by atoms with van der Waals surface area (Å²) < 4.78 is 5.68. The van der Waals surface area contributed by atoms with Gasteiger partial charge < -0.3 is 15.2 Å². The molecule has 130 valence electrons. The molecule has 0 aliphatic heterocycles. The highest BCUT2D eigenvalue weighted by molar-refractivity contribution is 5.93. The average Bonchev–Trinajstić information content (AvgIpc) is 2.64. The maximum atomic E-state index is 12.4. The number of nitrogens with one attached hydrogen (secondary N) is 1. The summed E-state index contributed by atoms with van der Waals surface area (Å²) in [5.74, 6) is -0.242. The van der Waals surface area contributed by atoms with E-state index < -0.39 is 11.9 Å². The minimum Gasteiger partial charge on any atom is -0.481 e. The van der Waals surface area contributed by atoms with Gasteiger partial charge >= 0.3 is 5.97 Å². The number of carboxylic acid groups (broad SMARTS) is 1. The van der Waals surface area contributed by atoms with Crippen LogP contribution in [0.5, 0.6) is 11.5 Å². The minimum absolute atomic E-state index is 0.117. The van der Waals surface area contributed by atoms with Gasteiger partial charge in [-0.2, -0.15) is 0 Å². The van der Waals surface area contributed by atoms with Crippen molar-refractivity contribution in [2.45, 2.75) is 25.7 Å². The Morgan fingerprint density at radius 2 is 1.64 bits per heavy atom. The summed E-state index contributed by atoms with van der Waals surface area (Å²) in [5, 5.41) is 12.0. The molecule has 2 N–H and O–H groups in total. The lowest BCUT2D eigenvalue weighted by Gasteiger charge is -2.25. The van der Waals surface area contributed by atoms with E-state index in [9.17, 15) is 9.59 Å². The number of hydrogen-bond acceptors (Lipinski definition) is 4. The molecule has 0 saturated heterocycles. The number of carbonyl (C=O) groups is 2. The number of aliphatic carboxylic acids is 1. The third kappa shape index (κ3) is 4.56. The van der Waals surface area contributed by atoms with Gasteiger partial charge in [-0.15, -0.1) is 0 Å². The van der Waals surface area contributed by atoms with Crippen molar-refractivity contribution in [3.05, 3.63) is 48.8 Å². The van der Waals surface area contributed by atoms with Crippen LogP contribution < -0.4 is 10.1 Å². The first-order valence-electron chi connectivity index (χ1n) is 8.33. The molecule has 2 unspecified atom stereocenters. The first-order valence-corrected chi connectivity index (χ1v) is 8.33. The number of benzene rings is 1. The largest absolute Gasteiger partial charge is 0.481 e. The molecule has 1 fully saturated rings. The van der Waals surface area contributed by atoms with E-state index in [1.807, 2.05) is 0 Å². The van der Waals surface area contributed by atoms with E-state index in [1.54, 1.807) is 48.8 Å². The Kier molecular flexibility index (Phi) is 5.28. The number of pyridine rings is 1. The first-order chi connectivity index (χ1) is 12.1. The minimum atomic E-state index is -0.810. The Morgan fingerprint density at radius 1 is 1.00 bits per heavy atom. The lowest BCUT2D eigenvalue weighted by Crippen LogP contribution is -2.30. The number of carboxylic acids is 1. The van der Waals surface area contributed by atoms with Gasteiger partial charge in [-0.1, -0.05) is 6.42 Å². The molecule has 3 rings (SSSR count). The number of ether oxygens (including phenoxy) is 1. The summed E-state index contributed by atoms with van der Waals surface area (Å²) in [6, 6.07) is 10.6. The Labute approximate surface area is 145 Å². The lowest BCUT2D eigenvalue weighted by atomic mass is 9.81. The number of carbonyl (C=O) groups excluding carboxylic acids is 1. The molecule has 6 heteroatoms. The van der Waals surface area contributed by atoms with Crippen molar-refractivity contribution in [2.24, 2.45) is 11.8 Å². The van der Waals surface area contributed by atoms with Gasteiger partial charge in [0.05, 0.1) is 5.92 Å². The maximum Gasteiger partial charge on any atom is 0.306 e. The van der Waals surface area contributed by atoms with E-state index in [-0.39, 0.29) is 11.8 Å². The molecular formula is C19H20N2O4. The summed E-state index contributed by atoms with van der Waals surface area (Å²) in [4.78, 5) is 27.4. The van der Waals surface area contributed by atoms with Crippen molar-refractivity contribution in [2.75, 3.05) is 5.32 Å². The second-order valence-electron chi connectivity index (χ2n) is 6.20. The molecule has 1 amide bonds. The fourth-order valence-corrected chi connectivity index (χ4v) is 3.05. The van der Waals surface area contributed by atoms with Gasteiger partial charge in [0.1, 0.15) is 11.5 Å². The molecule has 6 nitrogen and oxygen atoms in total. The quantitative estimate of drug-likeness (QED) is 0.866. The molecule has 1 aromatic carbocycles. The highest BCUT2D eigenvalue weighted by atomic mass is 16.5. The highest BCUT2D eigenvalue weighted by Gasteiger charge is 2.30. The topological polar surface area (TPSA) is 88.5 Å². The predicted molar refractivity (Wildman–Crippen MR) is 92.5 cm³/mol. The maximum absolute atomic E-state index is 12.4. The number of amides is 1. The van der Waals surface area contributed by atoms with E-state index in [2.05, 4.69) is 10.3 Å². The monoisotopic (exact) mass is 340 g/mol. The van der Waals surface area contributed by atoms with Crippen molar-refractivity contribution >= 4 is 17.6 Å². The number of aromatic nitrogens is 1. The Bertz CT molecular complexity index is 731. The Hall–Kier alpha value is -2.89. The molecule has 2 atom stereocenters. The number of anilines is 1. The number of hydrogen-bond donors (Lipinski definition) is 2. The molecule has 1 saturated carbocycles. The van der Waals surface area contributed by atoms with Gasteiger partial charge in [0.25, 0.3) is 0 Å². The summed E-state index contributed by atoms with van der Waals surface area (Å²) in [6.07, 6.45) is 5.87. The molecular weight excluding hydrogens is 320 g/mol. The zero-order valence-corrected chi connectivity index (χ0v) is 13.7. The SMILES string of the molecule is O=C(O)C1CCCC(C(=O)Nc2ccc(Oc3ccncc3)cc2)C1. The van der Waals surface area contributed by atoms with Crippen molar-refractivity contribution < 1.29 is 19.4 Å². The van der Waals surface area contributed by atoms with Crippen molar-refractivity contribution in [3.63, 3.8) is 0 Å². The zero-order chi connectivity index (χ0) is 17.6. The molecule has 0 spiro atoms. The van der Waals surface area contributed by atoms with Gasteiger partial charge in [-0.3, -0.25) is 14.6 Å². The smallest absolute Gasteiger partial charge is 0.306 e. The van der Waals surface area contributed by atoms with Gasteiger partial charge in [0, 0.05) is 24.0 Å². The van der Waals surface area contributed by atoms with Gasteiger partial charge in [-0.05, 0) is 55.7 Å². The molecule has 1 aliphatic carbocycles. The molecule has 0 radical (unpaired) electrons. The second kappa shape index (κ2) is 7.79. The average molecular weight is 340 g/mol. The third-order valence-electron chi connectivity index (χ3n) is 4.40. The fourth-order valence-electron chi connectivity index (χ4n) is 3.05. The van der Waals surface area contributed by atoms with E-state index >= 15 is 0 Å². The fraction of sp³-hybridized carbons (Fsp3) is 0.316. The van der Waals surface area contributed by atoms with Crippen LogP contribution >= 0.6 is 0 Å². The van der Waals surface area contributed by atoms with Crippen LogP contribution in [-0.4, -0.2) is 22.0 Å². The van der Waals surface area contributed by atoms with E-state index in [0.29, 0.717) is 30.0 Å². The molecule has 1 aliphatic rings. The van der Waals surface area contributed by atoms with E-state index in [0.717, 1.165) is 12.8 Å². The highest BCUT2D eigenvalue weighted by Crippen LogP contribution is 2.30. The third-order valence-corrected chi connectivity index (χ3v) is 4.40. The normalized spacial score (nSPS) is 19.8. The van der Waals surface area contributed by atoms with Crippen molar-refractivity contribution in [3.8, 4) is 11.5 Å². The van der Waals surface area contributed by atoms with Crippen molar-refractivity contribution in [1.29, 1.82) is 0 Å². The lowest BCUT2D eigenvalue weighted by molar-refractivity contribution is -0.143. The van der Waals surface area contributed by atoms with Crippen LogP contribution in [0.25, 0.3) is 0 Å². The summed E-state index contributed by atoms with van der Waals surface area (Å²) in [6.45, 7) is 0. The Balaban J connectivity index is 1.57. The molecule has 1 aromatic heterocycles. The standard InChI is InChI=1S/C19H20N2O4/c22-18(13-2-1-3-14(12-13)19(23)24)21-15-4-6-16(7-5-15)25-17-8-10-20-11-9-17/h4-11,13-14H,1-3,12H2,(H,21,22)(H,23,24). The van der Waals surface area contributed by atoms with Crippen molar-refractivity contribution in [1.82, 2.24) is 4.98 Å². The first kappa shape index (κ1) is 17.0. The molecule has 0 bridgehead atoms. The zero-order valence-electron chi connectivity index (χ0n) is 13.7. The van der Waals surface area contributed by atoms with Gasteiger partial charge in [-0.25, -0.2) is 0 Å². The van der Waals surface area contributed by atoms with Crippen LogP contribution in [0.1, 0.15) is 25.7 Å². The molecule has 2 aromatic rings. The van der Waals surface area contributed by atoms with E-state index in [4.69, 9.17) is 9.84 Å². The van der Waals surface area contributed by atoms with Crippen LogP contribution in [0.3, 0.4) is 0 Å². The predicted octanol–water partition coefficient (Wildman–Crippen LogP) is 3.70. The Morgan fingerprint density at radius 3 is 2.32 bits per heavy atom. The van der Waals surface area contributed by atoms with Crippen LogP contribution in [-0.2, 0) is 9.59 Å². The van der Waals surface area contributed by atoms with Gasteiger partial charge in [0.15, 0.2) is 0 Å². The molecule has 1 heterocycles. The van der Waals surface area contributed by atoms with Crippen LogP contribution in [0, 0.1) is 11.8 Å². The van der Waals surface area contributed by atoms with Crippen LogP contribution in [0.2, 0.25) is 0 Å². The summed E-state index contributed by atoms with van der Waals surface area (Å²) in [5.41, 5.74) is 0.671. The summed E-state index contributed by atoms with van der Waals surface area (Å²) in [7, 11) is 0. The summed E-state index contributed by atoms with van der Waals surface area (Å²) >= 11 is 0. The van der Waals surface area contributed by atoms with Crippen LogP contribution in [0.15, 0.2) is 48.8 Å². The van der Waals surface area contributed by atoms with Gasteiger partial charge in [0.2, 0.25) is 5.91 Å². The second-order valence-corrected chi connectivity index (χ2v) is 6.20. The number of rotatable bonds is 5. The number of nitrogens with zero attached hydrogens (tertiary/aromatic N) is 1. The molecule has 25 heavy (non-hydrogen) atoms. The van der Waals surface area contributed by atoms with Crippen LogP contribution in [0.4, 0.5) is 5.69 Å². The van der Waals surface area contributed by atoms with E-state index in [1.165, 1.54) is 0 Å².